The predicted octanol–water partition coefficient (Wildman–Crippen LogP) is 1.50. The zero-order valence-electron chi connectivity index (χ0n) is 10.8. The molecule has 0 unspecified atom stereocenters. The van der Waals surface area contributed by atoms with Gasteiger partial charge in [0.15, 0.2) is 0 Å². The number of carbonyl (C=O) groups is 1. The number of rotatable bonds is 4. The number of hydrogen-bond acceptors (Lipinski definition) is 4. The zero-order valence-corrected chi connectivity index (χ0v) is 11.6. The Bertz CT molecular complexity index is 617. The molecule has 0 aromatic carbocycles. The van der Waals surface area contributed by atoms with E-state index in [1.807, 2.05) is 31.4 Å². The Morgan fingerprint density at radius 3 is 2.89 bits per heavy atom. The van der Waals surface area contributed by atoms with Crippen molar-refractivity contribution in [2.45, 2.75) is 26.4 Å². The number of aromatic nitrogens is 2. The van der Waals surface area contributed by atoms with Gasteiger partial charge in [0.05, 0.1) is 16.9 Å². The molecule has 0 saturated heterocycles. The highest BCUT2D eigenvalue weighted by Gasteiger charge is 2.08. The van der Waals surface area contributed by atoms with Crippen molar-refractivity contribution in [1.29, 1.82) is 0 Å². The molecule has 0 spiro atoms. The fraction of sp³-hybridized carbons (Fsp3) is 0.308. The van der Waals surface area contributed by atoms with E-state index in [0.29, 0.717) is 5.69 Å². The topological polar surface area (TPSA) is 64.0 Å². The number of thiophene rings is 1. The van der Waals surface area contributed by atoms with Crippen molar-refractivity contribution in [2.24, 2.45) is 0 Å². The number of hydrogen-bond donors (Lipinski definition) is 1. The van der Waals surface area contributed by atoms with Gasteiger partial charge in [-0.05, 0) is 25.3 Å². The van der Waals surface area contributed by atoms with Gasteiger partial charge in [-0.15, -0.1) is 11.3 Å². The van der Waals surface area contributed by atoms with E-state index >= 15 is 0 Å². The van der Waals surface area contributed by atoms with Gasteiger partial charge in [-0.2, -0.15) is 0 Å². The summed E-state index contributed by atoms with van der Waals surface area (Å²) in [4.78, 5) is 28.6. The Balaban J connectivity index is 2.16. The van der Waals surface area contributed by atoms with Crippen LogP contribution in [0.4, 0.5) is 0 Å². The van der Waals surface area contributed by atoms with Gasteiger partial charge in [-0.1, -0.05) is 6.07 Å². The average Bonchev–Trinajstić information content (AvgIpc) is 2.84. The summed E-state index contributed by atoms with van der Waals surface area (Å²) in [6, 6.07) is 5.32. The lowest BCUT2D eigenvalue weighted by Crippen LogP contribution is -2.35. The highest BCUT2D eigenvalue weighted by molar-refractivity contribution is 7.13. The van der Waals surface area contributed by atoms with E-state index in [2.05, 4.69) is 10.3 Å². The Hall–Kier alpha value is -1.95. The van der Waals surface area contributed by atoms with Gasteiger partial charge >= 0.3 is 0 Å². The average molecular weight is 277 g/mol. The van der Waals surface area contributed by atoms with Gasteiger partial charge in [0, 0.05) is 12.1 Å². The highest BCUT2D eigenvalue weighted by atomic mass is 32.1. The highest BCUT2D eigenvalue weighted by Crippen LogP contribution is 2.20. The predicted molar refractivity (Wildman–Crippen MR) is 75.1 cm³/mol. The fourth-order valence-corrected chi connectivity index (χ4v) is 2.32. The standard InChI is InChI=1S/C13H15N3O2S/c1-9(2)15-12(17)7-16-8-14-10(6-13(16)18)11-4-3-5-19-11/h3-6,8-9H,7H2,1-2H3,(H,15,17). The number of nitrogens with zero attached hydrogens (tertiary/aromatic N) is 2. The lowest BCUT2D eigenvalue weighted by molar-refractivity contribution is -0.122. The third-order valence-electron chi connectivity index (χ3n) is 2.42. The molecule has 0 aliphatic carbocycles. The van der Waals surface area contributed by atoms with Crippen LogP contribution in [0.15, 0.2) is 34.7 Å². The first-order chi connectivity index (χ1) is 9.06. The van der Waals surface area contributed by atoms with Crippen molar-refractivity contribution < 1.29 is 4.79 Å². The van der Waals surface area contributed by atoms with Gasteiger partial charge in [0.2, 0.25) is 5.91 Å². The van der Waals surface area contributed by atoms with Crippen molar-refractivity contribution in [3.8, 4) is 10.6 Å². The summed E-state index contributed by atoms with van der Waals surface area (Å²) < 4.78 is 1.30. The molecule has 1 amide bonds. The third kappa shape index (κ3) is 3.51. The van der Waals surface area contributed by atoms with Crippen molar-refractivity contribution in [3.05, 3.63) is 40.3 Å². The largest absolute Gasteiger partial charge is 0.352 e. The van der Waals surface area contributed by atoms with Crippen LogP contribution in [0.25, 0.3) is 10.6 Å². The maximum Gasteiger partial charge on any atom is 0.254 e. The normalized spacial score (nSPS) is 10.7. The van der Waals surface area contributed by atoms with Crippen LogP contribution in [0.5, 0.6) is 0 Å². The van der Waals surface area contributed by atoms with Crippen molar-refractivity contribution in [3.63, 3.8) is 0 Å². The van der Waals surface area contributed by atoms with Crippen LogP contribution in [0.3, 0.4) is 0 Å². The minimum absolute atomic E-state index is 0.00522. The van der Waals surface area contributed by atoms with E-state index in [9.17, 15) is 9.59 Å². The molecule has 0 saturated carbocycles. The van der Waals surface area contributed by atoms with Gasteiger partial charge in [0.25, 0.3) is 5.56 Å². The molecule has 19 heavy (non-hydrogen) atoms. The molecule has 2 aromatic rings. The first-order valence-corrected chi connectivity index (χ1v) is 6.84. The van der Waals surface area contributed by atoms with Gasteiger partial charge in [-0.3, -0.25) is 14.2 Å². The smallest absolute Gasteiger partial charge is 0.254 e. The molecule has 6 heteroatoms. The van der Waals surface area contributed by atoms with Crippen molar-refractivity contribution in [2.75, 3.05) is 0 Å². The van der Waals surface area contributed by atoms with Gasteiger partial charge < -0.3 is 5.32 Å². The van der Waals surface area contributed by atoms with E-state index < -0.39 is 0 Å². The van der Waals surface area contributed by atoms with Gasteiger partial charge in [0.1, 0.15) is 6.54 Å². The lowest BCUT2D eigenvalue weighted by atomic mass is 10.3. The first-order valence-electron chi connectivity index (χ1n) is 5.96. The summed E-state index contributed by atoms with van der Waals surface area (Å²) in [6.45, 7) is 3.74. The molecule has 0 atom stereocenters. The number of nitrogens with one attached hydrogen (secondary N) is 1. The van der Waals surface area contributed by atoms with E-state index in [-0.39, 0.29) is 24.1 Å². The SMILES string of the molecule is CC(C)NC(=O)Cn1cnc(-c2cccs2)cc1=O. The molecule has 1 N–H and O–H groups in total. The second-order valence-electron chi connectivity index (χ2n) is 4.44. The molecular weight excluding hydrogens is 262 g/mol. The maximum absolute atomic E-state index is 11.9. The van der Waals surface area contributed by atoms with Crippen LogP contribution in [0.2, 0.25) is 0 Å². The molecule has 2 rings (SSSR count). The Morgan fingerprint density at radius 1 is 1.53 bits per heavy atom. The second kappa shape index (κ2) is 5.79. The van der Waals surface area contributed by atoms with Crippen LogP contribution in [-0.4, -0.2) is 21.5 Å². The Morgan fingerprint density at radius 2 is 2.32 bits per heavy atom. The molecule has 0 aliphatic heterocycles. The van der Waals surface area contributed by atoms with Crippen LogP contribution < -0.4 is 10.9 Å². The quantitative estimate of drug-likeness (QED) is 0.921. The van der Waals surface area contributed by atoms with Crippen molar-refractivity contribution >= 4 is 17.2 Å². The number of amides is 1. The molecule has 0 aliphatic rings. The molecule has 2 aromatic heterocycles. The van der Waals surface area contributed by atoms with Crippen LogP contribution >= 0.6 is 11.3 Å². The summed E-state index contributed by atoms with van der Waals surface area (Å²) in [5.41, 5.74) is 0.415. The molecule has 5 nitrogen and oxygen atoms in total. The fourth-order valence-electron chi connectivity index (χ4n) is 1.63. The minimum Gasteiger partial charge on any atom is -0.352 e. The van der Waals surface area contributed by atoms with E-state index in [4.69, 9.17) is 0 Å². The monoisotopic (exact) mass is 277 g/mol. The van der Waals surface area contributed by atoms with E-state index in [1.165, 1.54) is 28.3 Å². The molecule has 2 heterocycles. The Kier molecular flexibility index (Phi) is 4.11. The number of carbonyl (C=O) groups excluding carboxylic acids is 1. The third-order valence-corrected chi connectivity index (χ3v) is 3.31. The molecule has 100 valence electrons. The maximum atomic E-state index is 11.9. The summed E-state index contributed by atoms with van der Waals surface area (Å²) in [5.74, 6) is -0.192. The van der Waals surface area contributed by atoms with Crippen molar-refractivity contribution in [1.82, 2.24) is 14.9 Å². The first kappa shape index (κ1) is 13.5. The molecular formula is C13H15N3O2S. The zero-order chi connectivity index (χ0) is 13.8. The molecule has 0 bridgehead atoms. The summed E-state index contributed by atoms with van der Waals surface area (Å²) in [6.07, 6.45) is 1.41. The molecule has 0 fully saturated rings. The van der Waals surface area contributed by atoms with Crippen LogP contribution in [0, 0.1) is 0 Å². The van der Waals surface area contributed by atoms with E-state index in [0.717, 1.165) is 4.88 Å². The summed E-state index contributed by atoms with van der Waals surface area (Å²) in [5, 5.41) is 4.67. The molecule has 0 radical (unpaired) electrons. The van der Waals surface area contributed by atoms with Crippen LogP contribution in [-0.2, 0) is 11.3 Å². The second-order valence-corrected chi connectivity index (χ2v) is 5.39. The van der Waals surface area contributed by atoms with Crippen LogP contribution in [0.1, 0.15) is 13.8 Å². The van der Waals surface area contributed by atoms with E-state index in [1.54, 1.807) is 0 Å². The minimum atomic E-state index is -0.225. The summed E-state index contributed by atoms with van der Waals surface area (Å²) >= 11 is 1.52. The Labute approximate surface area is 114 Å². The lowest BCUT2D eigenvalue weighted by Gasteiger charge is -2.09. The summed E-state index contributed by atoms with van der Waals surface area (Å²) in [7, 11) is 0. The van der Waals surface area contributed by atoms with Gasteiger partial charge in [-0.25, -0.2) is 4.98 Å².